The quantitative estimate of drug-likeness (QED) is 0.725. The molecule has 1 fully saturated rings. The van der Waals surface area contributed by atoms with Crippen molar-refractivity contribution in [2.75, 3.05) is 13.7 Å². The molecule has 29 heavy (non-hydrogen) atoms. The van der Waals surface area contributed by atoms with Gasteiger partial charge in [0.25, 0.3) is 5.91 Å². The van der Waals surface area contributed by atoms with Crippen molar-refractivity contribution >= 4 is 11.8 Å². The Morgan fingerprint density at radius 2 is 1.79 bits per heavy atom. The average molecular weight is 395 g/mol. The van der Waals surface area contributed by atoms with Gasteiger partial charge in [0.15, 0.2) is 0 Å². The summed E-state index contributed by atoms with van der Waals surface area (Å²) in [5, 5.41) is 3.17. The summed E-state index contributed by atoms with van der Waals surface area (Å²) >= 11 is 0. The van der Waals surface area contributed by atoms with Gasteiger partial charge in [-0.15, -0.1) is 0 Å². The number of rotatable bonds is 8. The van der Waals surface area contributed by atoms with Gasteiger partial charge in [0.1, 0.15) is 5.75 Å². The van der Waals surface area contributed by atoms with Gasteiger partial charge < -0.3 is 15.0 Å². The molecule has 1 heterocycles. The second kappa shape index (κ2) is 9.59. The van der Waals surface area contributed by atoms with Crippen molar-refractivity contribution in [1.29, 1.82) is 0 Å². The van der Waals surface area contributed by atoms with E-state index in [0.717, 1.165) is 36.3 Å². The molecule has 1 aliphatic rings. The van der Waals surface area contributed by atoms with Crippen LogP contribution < -0.4 is 10.1 Å². The Labute approximate surface area is 173 Å². The van der Waals surface area contributed by atoms with Crippen LogP contribution in [0.1, 0.15) is 60.6 Å². The van der Waals surface area contributed by atoms with Crippen LogP contribution in [-0.2, 0) is 11.3 Å². The zero-order valence-corrected chi connectivity index (χ0v) is 17.5. The summed E-state index contributed by atoms with van der Waals surface area (Å²) in [6, 6.07) is 15.3. The van der Waals surface area contributed by atoms with Crippen LogP contribution in [0.4, 0.5) is 0 Å². The van der Waals surface area contributed by atoms with Crippen LogP contribution in [0.5, 0.6) is 5.75 Å². The van der Waals surface area contributed by atoms with Crippen molar-refractivity contribution in [2.45, 2.75) is 45.7 Å². The van der Waals surface area contributed by atoms with E-state index in [1.807, 2.05) is 53.4 Å². The van der Waals surface area contributed by atoms with E-state index in [1.165, 1.54) is 0 Å². The molecule has 5 heteroatoms. The predicted octanol–water partition coefficient (Wildman–Crippen LogP) is 4.33. The number of nitrogens with zero attached hydrogens (tertiary/aromatic N) is 1. The Morgan fingerprint density at radius 3 is 2.34 bits per heavy atom. The Morgan fingerprint density at radius 1 is 1.10 bits per heavy atom. The molecule has 5 nitrogen and oxygen atoms in total. The fourth-order valence-electron chi connectivity index (χ4n) is 3.68. The van der Waals surface area contributed by atoms with E-state index in [2.05, 4.69) is 19.2 Å². The molecule has 2 aromatic carbocycles. The molecule has 2 amide bonds. The van der Waals surface area contributed by atoms with Crippen molar-refractivity contribution in [3.8, 4) is 5.75 Å². The highest BCUT2D eigenvalue weighted by molar-refractivity contribution is 5.94. The summed E-state index contributed by atoms with van der Waals surface area (Å²) in [6.45, 7) is 5.73. The van der Waals surface area contributed by atoms with Gasteiger partial charge in [0, 0.05) is 25.1 Å². The topological polar surface area (TPSA) is 58.6 Å². The molecule has 1 saturated heterocycles. The zero-order chi connectivity index (χ0) is 20.8. The molecule has 0 saturated carbocycles. The van der Waals surface area contributed by atoms with E-state index in [1.54, 1.807) is 7.11 Å². The third-order valence-electron chi connectivity index (χ3n) is 5.29. The van der Waals surface area contributed by atoms with Gasteiger partial charge in [-0.2, -0.15) is 0 Å². The maximum Gasteiger partial charge on any atom is 0.251 e. The Kier molecular flexibility index (Phi) is 6.91. The van der Waals surface area contributed by atoms with E-state index in [0.29, 0.717) is 24.4 Å². The molecule has 3 rings (SSSR count). The highest BCUT2D eigenvalue weighted by Crippen LogP contribution is 2.24. The maximum absolute atomic E-state index is 12.8. The van der Waals surface area contributed by atoms with Gasteiger partial charge in [-0.1, -0.05) is 38.1 Å². The lowest BCUT2D eigenvalue weighted by Gasteiger charge is -2.22. The Hall–Kier alpha value is -2.82. The van der Waals surface area contributed by atoms with Crippen LogP contribution in [0.25, 0.3) is 0 Å². The van der Waals surface area contributed by atoms with E-state index >= 15 is 0 Å². The second-order valence-electron chi connectivity index (χ2n) is 8.04. The van der Waals surface area contributed by atoms with E-state index in [-0.39, 0.29) is 17.9 Å². The molecule has 0 radical (unpaired) electrons. The number of likely N-dealkylation sites (tertiary alicyclic amines) is 1. The Bertz CT molecular complexity index is 828. The molecule has 1 N–H and O–H groups in total. The fourth-order valence-corrected chi connectivity index (χ4v) is 3.68. The minimum atomic E-state index is -0.0877. The SMILES string of the molecule is COc1ccc([C@@H](CC(C)C)NC(=O)c2ccc(CN3CCCC3=O)cc2)cc1. The number of hydrogen-bond donors (Lipinski definition) is 1. The first kappa shape index (κ1) is 20.9. The summed E-state index contributed by atoms with van der Waals surface area (Å²) in [5.41, 5.74) is 2.74. The lowest BCUT2D eigenvalue weighted by Crippen LogP contribution is -2.29. The molecule has 2 aromatic rings. The van der Waals surface area contributed by atoms with Crippen molar-refractivity contribution in [3.05, 3.63) is 65.2 Å². The second-order valence-corrected chi connectivity index (χ2v) is 8.04. The number of carbonyl (C=O) groups excluding carboxylic acids is 2. The molecule has 1 aliphatic heterocycles. The van der Waals surface area contributed by atoms with E-state index < -0.39 is 0 Å². The van der Waals surface area contributed by atoms with E-state index in [9.17, 15) is 9.59 Å². The first-order valence-corrected chi connectivity index (χ1v) is 10.3. The van der Waals surface area contributed by atoms with Gasteiger partial charge in [0.2, 0.25) is 5.91 Å². The van der Waals surface area contributed by atoms with Gasteiger partial charge in [-0.25, -0.2) is 0 Å². The number of nitrogens with one attached hydrogen (secondary N) is 1. The maximum atomic E-state index is 12.8. The van der Waals surface area contributed by atoms with Crippen LogP contribution in [0, 0.1) is 5.92 Å². The molecular formula is C24H30N2O3. The first-order valence-electron chi connectivity index (χ1n) is 10.3. The van der Waals surface area contributed by atoms with Gasteiger partial charge in [-0.3, -0.25) is 9.59 Å². The van der Waals surface area contributed by atoms with Crippen LogP contribution >= 0.6 is 0 Å². The van der Waals surface area contributed by atoms with Crippen LogP contribution in [0.3, 0.4) is 0 Å². The molecule has 1 atom stereocenters. The highest BCUT2D eigenvalue weighted by atomic mass is 16.5. The van der Waals surface area contributed by atoms with Crippen LogP contribution in [0.2, 0.25) is 0 Å². The molecular weight excluding hydrogens is 364 g/mol. The molecule has 0 aliphatic carbocycles. The number of benzene rings is 2. The highest BCUT2D eigenvalue weighted by Gasteiger charge is 2.20. The van der Waals surface area contributed by atoms with Crippen molar-refractivity contribution < 1.29 is 14.3 Å². The lowest BCUT2D eigenvalue weighted by atomic mass is 9.96. The molecule has 0 aromatic heterocycles. The normalized spacial score (nSPS) is 14.9. The molecule has 0 bridgehead atoms. The van der Waals surface area contributed by atoms with Gasteiger partial charge in [0.05, 0.1) is 13.2 Å². The smallest absolute Gasteiger partial charge is 0.251 e. The predicted molar refractivity (Wildman–Crippen MR) is 114 cm³/mol. The zero-order valence-electron chi connectivity index (χ0n) is 17.5. The molecule has 0 spiro atoms. The number of amides is 2. The third-order valence-corrected chi connectivity index (χ3v) is 5.29. The lowest BCUT2D eigenvalue weighted by molar-refractivity contribution is -0.128. The number of methoxy groups -OCH3 is 1. The molecule has 0 unspecified atom stereocenters. The standard InChI is InChI=1S/C24H30N2O3/c1-17(2)15-22(19-10-12-21(29-3)13-11-19)25-24(28)20-8-6-18(7-9-20)16-26-14-4-5-23(26)27/h6-13,17,22H,4-5,14-16H2,1-3H3,(H,25,28)/t22-/m1/s1. The monoisotopic (exact) mass is 394 g/mol. The number of hydrogen-bond acceptors (Lipinski definition) is 3. The van der Waals surface area contributed by atoms with Gasteiger partial charge in [-0.05, 0) is 54.2 Å². The minimum absolute atomic E-state index is 0.0599. The fraction of sp³-hybridized carbons (Fsp3) is 0.417. The van der Waals surface area contributed by atoms with Crippen molar-refractivity contribution in [1.82, 2.24) is 10.2 Å². The summed E-state index contributed by atoms with van der Waals surface area (Å²) in [6.07, 6.45) is 2.43. The van der Waals surface area contributed by atoms with E-state index in [4.69, 9.17) is 4.74 Å². The summed E-state index contributed by atoms with van der Waals surface area (Å²) in [7, 11) is 1.64. The van der Waals surface area contributed by atoms with Crippen LogP contribution in [0.15, 0.2) is 48.5 Å². The largest absolute Gasteiger partial charge is 0.497 e. The van der Waals surface area contributed by atoms with Crippen LogP contribution in [-0.4, -0.2) is 30.4 Å². The first-order chi connectivity index (χ1) is 14.0. The minimum Gasteiger partial charge on any atom is -0.497 e. The third kappa shape index (κ3) is 5.59. The number of carbonyl (C=O) groups is 2. The summed E-state index contributed by atoms with van der Waals surface area (Å²) in [5.74, 6) is 1.37. The Balaban J connectivity index is 1.67. The summed E-state index contributed by atoms with van der Waals surface area (Å²) in [4.78, 5) is 26.5. The van der Waals surface area contributed by atoms with Crippen molar-refractivity contribution in [3.63, 3.8) is 0 Å². The van der Waals surface area contributed by atoms with Gasteiger partial charge >= 0.3 is 0 Å². The van der Waals surface area contributed by atoms with Crippen molar-refractivity contribution in [2.24, 2.45) is 5.92 Å². The molecule has 154 valence electrons. The average Bonchev–Trinajstić information content (AvgIpc) is 3.12. The number of ether oxygens (including phenoxy) is 1. The summed E-state index contributed by atoms with van der Waals surface area (Å²) < 4.78 is 5.23.